The zero-order valence-corrected chi connectivity index (χ0v) is 13.0. The summed E-state index contributed by atoms with van der Waals surface area (Å²) < 4.78 is 25.2. The number of aliphatic hydroxyl groups excluding tert-OH is 1. The molecule has 20 heavy (non-hydrogen) atoms. The summed E-state index contributed by atoms with van der Waals surface area (Å²) in [6, 6.07) is -2.51. The molecule has 0 aromatic heterocycles. The third-order valence-electron chi connectivity index (χ3n) is 2.43. The highest BCUT2D eigenvalue weighted by molar-refractivity contribution is 7.98. The third-order valence-corrected chi connectivity index (χ3v) is 4.47. The van der Waals surface area contributed by atoms with Crippen LogP contribution in [0.25, 0.3) is 0 Å². The first kappa shape index (κ1) is 19.2. The summed E-state index contributed by atoms with van der Waals surface area (Å²) in [6.07, 6.45) is 2.03. The number of carboxylic acids is 1. The van der Waals surface area contributed by atoms with E-state index in [-0.39, 0.29) is 12.2 Å². The van der Waals surface area contributed by atoms with Crippen molar-refractivity contribution in [1.82, 2.24) is 10.0 Å². The average molecular weight is 328 g/mol. The monoisotopic (exact) mass is 328 g/mol. The van der Waals surface area contributed by atoms with Crippen molar-refractivity contribution in [3.63, 3.8) is 0 Å². The van der Waals surface area contributed by atoms with Crippen LogP contribution in [0.1, 0.15) is 13.3 Å². The smallest absolute Gasteiger partial charge is 0.328 e. The van der Waals surface area contributed by atoms with Gasteiger partial charge in [0.2, 0.25) is 15.9 Å². The minimum atomic E-state index is -3.59. The number of nitrogens with one attached hydrogen (secondary N) is 2. The number of thioether (sulfide) groups is 1. The first-order valence-electron chi connectivity index (χ1n) is 5.90. The van der Waals surface area contributed by atoms with Crippen LogP contribution in [0, 0.1) is 0 Å². The van der Waals surface area contributed by atoms with Gasteiger partial charge < -0.3 is 15.5 Å². The van der Waals surface area contributed by atoms with Crippen LogP contribution >= 0.6 is 11.8 Å². The number of carbonyl (C=O) groups is 2. The van der Waals surface area contributed by atoms with Crippen LogP contribution in [0.15, 0.2) is 0 Å². The molecule has 10 heteroatoms. The number of rotatable bonds is 10. The van der Waals surface area contributed by atoms with E-state index < -0.39 is 40.6 Å². The van der Waals surface area contributed by atoms with Gasteiger partial charge in [0, 0.05) is 0 Å². The highest BCUT2D eigenvalue weighted by Crippen LogP contribution is 2.03. The molecular formula is C10H20N2O6S2. The Morgan fingerprint density at radius 1 is 1.30 bits per heavy atom. The van der Waals surface area contributed by atoms with Crippen molar-refractivity contribution >= 4 is 33.7 Å². The summed E-state index contributed by atoms with van der Waals surface area (Å²) >= 11 is 1.43. The van der Waals surface area contributed by atoms with Crippen molar-refractivity contribution in [2.75, 3.05) is 24.4 Å². The summed E-state index contributed by atoms with van der Waals surface area (Å²) in [5.74, 6) is -1.81. The first-order chi connectivity index (χ1) is 9.27. The molecule has 0 bridgehead atoms. The molecule has 0 spiro atoms. The van der Waals surface area contributed by atoms with E-state index in [1.807, 2.05) is 0 Å². The highest BCUT2D eigenvalue weighted by atomic mass is 32.2. The first-order valence-corrected chi connectivity index (χ1v) is 8.95. The van der Waals surface area contributed by atoms with Crippen molar-refractivity contribution < 1.29 is 28.2 Å². The average Bonchev–Trinajstić information content (AvgIpc) is 2.39. The van der Waals surface area contributed by atoms with Gasteiger partial charge in [-0.15, -0.1) is 0 Å². The summed E-state index contributed by atoms with van der Waals surface area (Å²) in [7, 11) is -3.59. The van der Waals surface area contributed by atoms with E-state index in [4.69, 9.17) is 10.2 Å². The van der Waals surface area contributed by atoms with Crippen LogP contribution in [0.2, 0.25) is 0 Å². The second kappa shape index (κ2) is 9.16. The SMILES string of the molecule is CCS(=O)(=O)NC(CCSC)C(=O)N[C@@H](CO)C(=O)O. The lowest BCUT2D eigenvalue weighted by atomic mass is 10.2. The Morgan fingerprint density at radius 3 is 2.30 bits per heavy atom. The Hall–Kier alpha value is -0.840. The standard InChI is InChI=1S/C10H20N2O6S2/c1-3-20(17,18)12-7(4-5-19-2)9(14)11-8(6-13)10(15)16/h7-8,12-13H,3-6H2,1-2H3,(H,11,14)(H,15,16)/t7?,8-/m0/s1. The second-order valence-electron chi connectivity index (χ2n) is 3.94. The van der Waals surface area contributed by atoms with E-state index in [1.54, 1.807) is 6.26 Å². The van der Waals surface area contributed by atoms with E-state index in [2.05, 4.69) is 10.0 Å². The Labute approximate surface area is 122 Å². The lowest BCUT2D eigenvalue weighted by molar-refractivity contribution is -0.143. The van der Waals surface area contributed by atoms with Crippen molar-refractivity contribution in [2.45, 2.75) is 25.4 Å². The van der Waals surface area contributed by atoms with E-state index in [0.29, 0.717) is 5.75 Å². The van der Waals surface area contributed by atoms with Gasteiger partial charge in [0.25, 0.3) is 0 Å². The lowest BCUT2D eigenvalue weighted by Gasteiger charge is -2.20. The summed E-state index contributed by atoms with van der Waals surface area (Å²) in [4.78, 5) is 22.6. The molecule has 0 aliphatic carbocycles. The van der Waals surface area contributed by atoms with Gasteiger partial charge in [-0.05, 0) is 25.4 Å². The van der Waals surface area contributed by atoms with Crippen molar-refractivity contribution in [2.24, 2.45) is 0 Å². The molecule has 0 saturated carbocycles. The predicted octanol–water partition coefficient (Wildman–Crippen LogP) is -1.39. The minimum absolute atomic E-state index is 0.182. The van der Waals surface area contributed by atoms with E-state index in [9.17, 15) is 18.0 Å². The number of sulfonamides is 1. The van der Waals surface area contributed by atoms with Crippen LogP contribution in [-0.2, 0) is 19.6 Å². The molecule has 1 amide bonds. The topological polar surface area (TPSA) is 133 Å². The Morgan fingerprint density at radius 2 is 1.90 bits per heavy atom. The van der Waals surface area contributed by atoms with Crippen molar-refractivity contribution in [3.05, 3.63) is 0 Å². The quantitative estimate of drug-likeness (QED) is 0.388. The van der Waals surface area contributed by atoms with E-state index >= 15 is 0 Å². The maximum atomic E-state index is 11.9. The van der Waals surface area contributed by atoms with Gasteiger partial charge in [-0.1, -0.05) is 0 Å². The van der Waals surface area contributed by atoms with Crippen LogP contribution in [0.3, 0.4) is 0 Å². The van der Waals surface area contributed by atoms with Crippen LogP contribution < -0.4 is 10.0 Å². The molecule has 2 atom stereocenters. The minimum Gasteiger partial charge on any atom is -0.480 e. The fourth-order valence-electron chi connectivity index (χ4n) is 1.24. The van der Waals surface area contributed by atoms with Crippen molar-refractivity contribution in [1.29, 1.82) is 0 Å². The largest absolute Gasteiger partial charge is 0.480 e. The van der Waals surface area contributed by atoms with Gasteiger partial charge >= 0.3 is 5.97 Å². The fraction of sp³-hybridized carbons (Fsp3) is 0.800. The van der Waals surface area contributed by atoms with Crippen LogP contribution in [0.5, 0.6) is 0 Å². The van der Waals surface area contributed by atoms with Gasteiger partial charge in [0.1, 0.15) is 12.1 Å². The number of carboxylic acid groups (broad SMARTS) is 1. The van der Waals surface area contributed by atoms with Gasteiger partial charge in [-0.25, -0.2) is 17.9 Å². The molecule has 4 N–H and O–H groups in total. The maximum absolute atomic E-state index is 11.9. The van der Waals surface area contributed by atoms with Gasteiger partial charge in [0.15, 0.2) is 0 Å². The summed E-state index contributed by atoms with van der Waals surface area (Å²) in [5, 5.41) is 19.7. The van der Waals surface area contributed by atoms with E-state index in [1.165, 1.54) is 18.7 Å². The Bertz CT molecular complexity index is 425. The molecule has 1 unspecified atom stereocenters. The number of hydrogen-bond donors (Lipinski definition) is 4. The van der Waals surface area contributed by atoms with Crippen LogP contribution in [0.4, 0.5) is 0 Å². The number of aliphatic carboxylic acids is 1. The van der Waals surface area contributed by atoms with Gasteiger partial charge in [-0.3, -0.25) is 4.79 Å². The normalized spacial score (nSPS) is 14.6. The molecule has 0 aromatic carbocycles. The Balaban J connectivity index is 4.84. The molecule has 0 rings (SSSR count). The fourth-order valence-corrected chi connectivity index (χ4v) is 2.53. The molecule has 0 aliphatic heterocycles. The summed E-state index contributed by atoms with van der Waals surface area (Å²) in [6.45, 7) is 0.663. The van der Waals surface area contributed by atoms with Crippen molar-refractivity contribution in [3.8, 4) is 0 Å². The Kier molecular flexibility index (Phi) is 8.78. The molecule has 0 heterocycles. The zero-order chi connectivity index (χ0) is 15.8. The summed E-state index contributed by atoms with van der Waals surface area (Å²) in [5.41, 5.74) is 0. The molecule has 0 saturated heterocycles. The zero-order valence-electron chi connectivity index (χ0n) is 11.3. The van der Waals surface area contributed by atoms with Gasteiger partial charge in [-0.2, -0.15) is 11.8 Å². The number of amides is 1. The predicted molar refractivity (Wildman–Crippen MR) is 76.0 cm³/mol. The second-order valence-corrected chi connectivity index (χ2v) is 6.97. The third kappa shape index (κ3) is 7.08. The lowest BCUT2D eigenvalue weighted by Crippen LogP contribution is -2.53. The molecule has 8 nitrogen and oxygen atoms in total. The molecule has 118 valence electrons. The van der Waals surface area contributed by atoms with E-state index in [0.717, 1.165) is 0 Å². The molecular weight excluding hydrogens is 308 g/mol. The molecule has 0 aromatic rings. The number of carbonyl (C=O) groups excluding carboxylic acids is 1. The maximum Gasteiger partial charge on any atom is 0.328 e. The number of aliphatic hydroxyl groups is 1. The molecule has 0 fully saturated rings. The highest BCUT2D eigenvalue weighted by Gasteiger charge is 2.27. The number of hydrogen-bond acceptors (Lipinski definition) is 6. The van der Waals surface area contributed by atoms with Crippen LogP contribution in [-0.4, -0.2) is 67.0 Å². The van der Waals surface area contributed by atoms with Gasteiger partial charge in [0.05, 0.1) is 12.4 Å². The molecule has 0 radical (unpaired) electrons. The molecule has 0 aliphatic rings.